The van der Waals surface area contributed by atoms with Crippen molar-refractivity contribution in [3.05, 3.63) is 149 Å². The summed E-state index contributed by atoms with van der Waals surface area (Å²) in [5.74, 6) is -1.83. The molecule has 0 spiro atoms. The first-order valence-electron chi connectivity index (χ1n) is 23.9. The number of aromatic amines is 1. The maximum atomic E-state index is 13.1. The molecule has 11 aromatic rings. The first-order chi connectivity index (χ1) is 38.4. The van der Waals surface area contributed by atoms with Crippen LogP contribution in [-0.4, -0.2) is 120 Å². The number of carbonyl (C=O) groups is 5. The molecule has 0 bridgehead atoms. The van der Waals surface area contributed by atoms with Gasteiger partial charge in [0.15, 0.2) is 12.7 Å². The van der Waals surface area contributed by atoms with E-state index in [-0.39, 0.29) is 122 Å². The number of H-pyrrole nitrogens is 1. The minimum Gasteiger partial charge on any atom is -1.00 e. The van der Waals surface area contributed by atoms with Gasteiger partial charge in [-0.1, -0.05) is 64.8 Å². The molecule has 4 aromatic carbocycles. The van der Waals surface area contributed by atoms with Crippen molar-refractivity contribution < 1.29 is 138 Å². The van der Waals surface area contributed by atoms with Crippen LogP contribution in [0.5, 0.6) is 0 Å². The van der Waals surface area contributed by atoms with Gasteiger partial charge in [0.2, 0.25) is 0 Å². The Kier molecular flexibility index (Phi) is 20.3. The molecule has 4 amide bonds. The molecule has 0 atom stereocenters. The van der Waals surface area contributed by atoms with Crippen molar-refractivity contribution in [1.82, 2.24) is 100 Å². The zero-order valence-electron chi connectivity index (χ0n) is 44.5. The number of benzene rings is 4. The van der Waals surface area contributed by atoms with Gasteiger partial charge in [-0.3, -0.25) is 44.0 Å². The first-order valence-corrected chi connectivity index (χ1v) is 24.6. The summed E-state index contributed by atoms with van der Waals surface area (Å²) in [7, 11) is 3.78. The molecule has 0 unspecified atom stereocenters. The van der Waals surface area contributed by atoms with Gasteiger partial charge in [-0.15, -0.1) is 25.5 Å². The van der Waals surface area contributed by atoms with E-state index < -0.39 is 23.6 Å². The molecule has 2 aliphatic heterocycles. The topological polar surface area (TPSA) is 329 Å². The fraction of sp³-hybridized carbons (Fsp3) is 0.160. The number of hydrogen-bond donors (Lipinski definition) is 3. The molecule has 27 nitrogen and oxygen atoms in total. The molecule has 0 radical (unpaired) electrons. The number of para-hydroxylation sites is 2. The smallest absolute Gasteiger partial charge is 1.00 e. The van der Waals surface area contributed by atoms with Crippen LogP contribution in [0.15, 0.2) is 116 Å². The Hall–Kier alpha value is -6.85. The average Bonchev–Trinajstić information content (AvgIpc) is 4.13. The van der Waals surface area contributed by atoms with E-state index in [2.05, 4.69) is 67.1 Å². The quantitative estimate of drug-likeness (QED) is 0.0351. The number of halogens is 2. The number of imide groups is 2. The van der Waals surface area contributed by atoms with Gasteiger partial charge in [-0.2, -0.15) is 20.2 Å². The molecule has 81 heavy (non-hydrogen) atoms. The van der Waals surface area contributed by atoms with E-state index in [0.29, 0.717) is 76.3 Å². The zero-order chi connectivity index (χ0) is 55.2. The third-order valence-corrected chi connectivity index (χ3v) is 13.1. The monoisotopic (exact) mass is 1180 g/mol. The van der Waals surface area contributed by atoms with Crippen LogP contribution in [0.3, 0.4) is 0 Å². The third-order valence-electron chi connectivity index (χ3n) is 12.7. The summed E-state index contributed by atoms with van der Waals surface area (Å²) in [5.41, 5.74) is 6.89. The maximum Gasteiger partial charge on any atom is 1.00 e. The maximum absolute atomic E-state index is 13.1. The summed E-state index contributed by atoms with van der Waals surface area (Å²) < 4.78 is 9.19. The Balaban J connectivity index is 0.000000199. The fourth-order valence-electron chi connectivity index (χ4n) is 9.42. The van der Waals surface area contributed by atoms with Crippen LogP contribution in [0, 0.1) is 0 Å². The van der Waals surface area contributed by atoms with Crippen LogP contribution in [0.1, 0.15) is 36.8 Å². The van der Waals surface area contributed by atoms with Gasteiger partial charge in [0.25, 0.3) is 30.1 Å². The zero-order valence-corrected chi connectivity index (χ0v) is 51.3. The van der Waals surface area contributed by atoms with Gasteiger partial charge in [0.05, 0.1) is 39.9 Å². The van der Waals surface area contributed by atoms with Crippen molar-refractivity contribution in [3.8, 4) is 0 Å². The van der Waals surface area contributed by atoms with Crippen LogP contribution in [0.25, 0.3) is 65.9 Å². The van der Waals surface area contributed by atoms with Crippen molar-refractivity contribution in [2.45, 2.75) is 39.0 Å². The molecule has 400 valence electrons. The van der Waals surface area contributed by atoms with Gasteiger partial charge >= 0.3 is 103 Å². The van der Waals surface area contributed by atoms with Crippen molar-refractivity contribution in [2.75, 3.05) is 0 Å². The predicted molar refractivity (Wildman–Crippen MR) is 283 cm³/mol. The van der Waals surface area contributed by atoms with E-state index >= 15 is 0 Å². The second-order valence-corrected chi connectivity index (χ2v) is 18.3. The van der Waals surface area contributed by atoms with E-state index in [1.54, 1.807) is 23.1 Å². The summed E-state index contributed by atoms with van der Waals surface area (Å²) in [4.78, 5) is 65.1. The van der Waals surface area contributed by atoms with Crippen LogP contribution in [-0.2, 0) is 69.1 Å². The van der Waals surface area contributed by atoms with Crippen molar-refractivity contribution in [3.63, 3.8) is 0 Å². The summed E-state index contributed by atoms with van der Waals surface area (Å²) in [6.45, 7) is 2.18. The number of hydrogen-bond acceptors (Lipinski definition) is 18. The number of amides is 4. The van der Waals surface area contributed by atoms with Gasteiger partial charge in [0, 0.05) is 99.9 Å². The molecule has 9 heterocycles. The van der Waals surface area contributed by atoms with E-state index in [1.165, 1.54) is 17.5 Å². The van der Waals surface area contributed by atoms with Crippen molar-refractivity contribution in [2.24, 2.45) is 14.1 Å². The molecule has 0 saturated carbocycles. The van der Waals surface area contributed by atoms with Crippen LogP contribution in [0.2, 0.25) is 10.0 Å². The Morgan fingerprint density at radius 2 is 1.11 bits per heavy atom. The number of rotatable bonds is 13. The Morgan fingerprint density at radius 1 is 0.605 bits per heavy atom. The molecule has 0 aliphatic carbocycles. The largest absolute Gasteiger partial charge is 1.00 e. The molecule has 0 fully saturated rings. The number of aromatic nitrogens is 18. The second-order valence-electron chi connectivity index (χ2n) is 17.4. The Labute approximate surface area is 553 Å². The Morgan fingerprint density at radius 3 is 1.54 bits per heavy atom. The fourth-order valence-corrected chi connectivity index (χ4v) is 9.76. The molecule has 3 N–H and O–H groups in total. The molecule has 31 heteroatoms. The van der Waals surface area contributed by atoms with E-state index in [9.17, 15) is 19.2 Å². The molecule has 2 aliphatic rings. The van der Waals surface area contributed by atoms with Gasteiger partial charge in [0.1, 0.15) is 17.7 Å². The molecular formula is C50H42Cl2K2N20O7. The van der Waals surface area contributed by atoms with Gasteiger partial charge < -0.3 is 20.7 Å². The number of nitrogens with one attached hydrogen (secondary N) is 3. The average molecular weight is 1180 g/mol. The van der Waals surface area contributed by atoms with Crippen LogP contribution >= 0.6 is 23.2 Å². The Bertz CT molecular complexity index is 3890. The molecule has 0 saturated heterocycles. The SMILES string of the molecule is Cn1cc(C2=C(c3nn(CCCn4cnnn4)c4ccccc34)C(=O)NC2=O)c2cc(Cl)ccc21.Cn1cc(C2=C(c3nn(CCCn4ncnn4)c4ccccc34)C(=O)NC2=O)c2cc(Cl)ccc21.O=CO[O-].[H-].[K+].[K+].c1nn[nH]n1. The normalized spacial score (nSPS) is 12.9. The van der Waals surface area contributed by atoms with E-state index in [0.717, 1.165) is 50.0 Å². The molecular weight excluding hydrogens is 1140 g/mol. The number of carbonyl (C=O) groups excluding carboxylic acids is 5. The van der Waals surface area contributed by atoms with E-state index in [1.807, 2.05) is 118 Å². The summed E-state index contributed by atoms with van der Waals surface area (Å²) in [6, 6.07) is 26.4. The number of tetrazole rings is 3. The van der Waals surface area contributed by atoms with Crippen molar-refractivity contribution >= 4 is 119 Å². The standard InChI is InChI=1S/2C24H19ClN8O2.CH2N4.CH2O3.2K.H/c1-31-12-17(16-11-14(25)7-8-18(16)31)20-21(24(35)27-23(20)34)22-15-5-2-3-6-19(15)33(28-22)10-4-9-32-13-26-29-30-32;1-31-12-17(16-11-14(25)7-8-18(16)31)20-21(24(35)28-23(20)34)22-15-5-2-3-6-19(15)32(29-22)9-4-10-33-27-13-26-30-33;1-2-4-5-3-1;2-1-4-3;;;/h2-3,5-8,11-13H,4,9-10H2,1H3,(H,27,34,35);2-3,5-8,11-13H,4,9-10H2,1H3,(H,28,34,35);1H,(H,2,3,4,5);1,3H;;;/q;;;;2*+1;-1/p-1. The second kappa shape index (κ2) is 27.3. The third kappa shape index (κ3) is 12.9. The predicted octanol–water partition coefficient (Wildman–Crippen LogP) is -2.59. The summed E-state index contributed by atoms with van der Waals surface area (Å²) >= 11 is 12.5. The van der Waals surface area contributed by atoms with Gasteiger partial charge in [-0.25, -0.2) is 4.68 Å². The van der Waals surface area contributed by atoms with Gasteiger partial charge in [-0.05, 0) is 77.0 Å². The van der Waals surface area contributed by atoms with Crippen molar-refractivity contribution in [1.29, 1.82) is 0 Å². The van der Waals surface area contributed by atoms with Crippen LogP contribution in [0.4, 0.5) is 0 Å². The molecule has 13 rings (SSSR count). The summed E-state index contributed by atoms with van der Waals surface area (Å²) in [5, 5.41) is 62.3. The molecule has 7 aromatic heterocycles. The number of fused-ring (bicyclic) bond motifs is 4. The van der Waals surface area contributed by atoms with E-state index in [4.69, 9.17) is 43.5 Å². The minimum absolute atomic E-state index is 0. The summed E-state index contributed by atoms with van der Waals surface area (Å²) in [6.07, 6.45) is 9.42. The first kappa shape index (κ1) is 60.3. The number of aryl methyl sites for hydroxylation is 6. The minimum atomic E-state index is -0.466. The van der Waals surface area contributed by atoms with Crippen LogP contribution < -0.4 is 119 Å². The number of nitrogens with zero attached hydrogens (tertiary/aromatic N) is 17.